The standard InChI is InChI=1S/C11H17N5/c1-5-12-11(3,4)10-14-13-9-7-6-8(2)15-16(9)10/h6-7,12H,5H2,1-4H3. The number of fused-ring (bicyclic) bond motifs is 1. The van der Waals surface area contributed by atoms with E-state index in [9.17, 15) is 0 Å². The van der Waals surface area contributed by atoms with Gasteiger partial charge in [0.1, 0.15) is 0 Å². The van der Waals surface area contributed by atoms with Crippen molar-refractivity contribution in [2.45, 2.75) is 33.2 Å². The molecule has 0 bridgehead atoms. The second-order valence-electron chi connectivity index (χ2n) is 4.42. The lowest BCUT2D eigenvalue weighted by molar-refractivity contribution is 0.382. The van der Waals surface area contributed by atoms with Crippen LogP contribution in [0.3, 0.4) is 0 Å². The Labute approximate surface area is 94.9 Å². The monoisotopic (exact) mass is 219 g/mol. The average molecular weight is 219 g/mol. The van der Waals surface area contributed by atoms with E-state index in [0.29, 0.717) is 0 Å². The molecule has 0 fully saturated rings. The summed E-state index contributed by atoms with van der Waals surface area (Å²) >= 11 is 0. The predicted molar refractivity (Wildman–Crippen MR) is 62.2 cm³/mol. The molecule has 16 heavy (non-hydrogen) atoms. The van der Waals surface area contributed by atoms with E-state index in [1.165, 1.54) is 0 Å². The van der Waals surface area contributed by atoms with Gasteiger partial charge in [0.2, 0.25) is 0 Å². The minimum absolute atomic E-state index is 0.227. The number of hydrogen-bond donors (Lipinski definition) is 1. The summed E-state index contributed by atoms with van der Waals surface area (Å²) in [5, 5.41) is 16.1. The summed E-state index contributed by atoms with van der Waals surface area (Å²) in [6.45, 7) is 9.08. The first kappa shape index (κ1) is 11.0. The Morgan fingerprint density at radius 1 is 1.31 bits per heavy atom. The Balaban J connectivity index is 2.56. The summed E-state index contributed by atoms with van der Waals surface area (Å²) in [7, 11) is 0. The van der Waals surface area contributed by atoms with Crippen molar-refractivity contribution in [3.8, 4) is 0 Å². The molecule has 2 heterocycles. The van der Waals surface area contributed by atoms with E-state index < -0.39 is 0 Å². The SMILES string of the molecule is CCNC(C)(C)c1nnc2ccc(C)nn12. The first-order chi connectivity index (χ1) is 7.54. The van der Waals surface area contributed by atoms with Crippen molar-refractivity contribution in [1.82, 2.24) is 25.1 Å². The van der Waals surface area contributed by atoms with Crippen molar-refractivity contribution < 1.29 is 0 Å². The van der Waals surface area contributed by atoms with E-state index in [1.54, 1.807) is 4.52 Å². The van der Waals surface area contributed by atoms with Crippen molar-refractivity contribution in [1.29, 1.82) is 0 Å². The zero-order valence-electron chi connectivity index (χ0n) is 10.2. The van der Waals surface area contributed by atoms with Gasteiger partial charge < -0.3 is 5.32 Å². The molecule has 5 heteroatoms. The highest BCUT2D eigenvalue weighted by Crippen LogP contribution is 2.17. The number of aromatic nitrogens is 4. The molecular formula is C11H17N5. The normalized spacial score (nSPS) is 12.2. The quantitative estimate of drug-likeness (QED) is 0.844. The molecule has 0 spiro atoms. The zero-order valence-corrected chi connectivity index (χ0v) is 10.2. The molecular weight excluding hydrogens is 202 g/mol. The number of rotatable bonds is 3. The molecule has 0 aliphatic carbocycles. The molecule has 1 N–H and O–H groups in total. The highest BCUT2D eigenvalue weighted by Gasteiger charge is 2.25. The second kappa shape index (κ2) is 3.83. The summed E-state index contributed by atoms with van der Waals surface area (Å²) in [5.41, 5.74) is 1.52. The third kappa shape index (κ3) is 1.78. The summed E-state index contributed by atoms with van der Waals surface area (Å²) < 4.78 is 1.80. The van der Waals surface area contributed by atoms with E-state index in [4.69, 9.17) is 0 Å². The molecule has 0 aliphatic heterocycles. The molecule has 0 saturated heterocycles. The fourth-order valence-corrected chi connectivity index (χ4v) is 1.79. The third-order valence-electron chi connectivity index (χ3n) is 2.57. The van der Waals surface area contributed by atoms with Gasteiger partial charge in [0.25, 0.3) is 0 Å². The van der Waals surface area contributed by atoms with Crippen molar-refractivity contribution in [3.05, 3.63) is 23.7 Å². The largest absolute Gasteiger partial charge is 0.305 e. The minimum Gasteiger partial charge on any atom is -0.305 e. The molecule has 0 unspecified atom stereocenters. The van der Waals surface area contributed by atoms with Crippen molar-refractivity contribution in [2.24, 2.45) is 0 Å². The lowest BCUT2D eigenvalue weighted by Gasteiger charge is -2.22. The van der Waals surface area contributed by atoms with Crippen LogP contribution in [0, 0.1) is 6.92 Å². The highest BCUT2D eigenvalue weighted by atomic mass is 15.4. The zero-order chi connectivity index (χ0) is 11.8. The van der Waals surface area contributed by atoms with Crippen LogP contribution in [-0.4, -0.2) is 26.4 Å². The second-order valence-corrected chi connectivity index (χ2v) is 4.42. The third-order valence-corrected chi connectivity index (χ3v) is 2.57. The molecule has 0 aromatic carbocycles. The maximum Gasteiger partial charge on any atom is 0.177 e. The van der Waals surface area contributed by atoms with Crippen LogP contribution in [0.2, 0.25) is 0 Å². The number of hydrogen-bond acceptors (Lipinski definition) is 4. The van der Waals surface area contributed by atoms with E-state index in [1.807, 2.05) is 19.1 Å². The highest BCUT2D eigenvalue weighted by molar-refractivity contribution is 5.37. The van der Waals surface area contributed by atoms with Gasteiger partial charge in [-0.15, -0.1) is 10.2 Å². The van der Waals surface area contributed by atoms with Crippen molar-refractivity contribution in [2.75, 3.05) is 6.54 Å². The Kier molecular flexibility index (Phi) is 2.63. The fourth-order valence-electron chi connectivity index (χ4n) is 1.79. The molecule has 2 aromatic heterocycles. The summed E-state index contributed by atoms with van der Waals surface area (Å²) in [5.74, 6) is 0.841. The van der Waals surface area contributed by atoms with Gasteiger partial charge in [-0.2, -0.15) is 9.61 Å². The Bertz CT molecular complexity index is 500. The lowest BCUT2D eigenvalue weighted by atomic mass is 10.1. The van der Waals surface area contributed by atoms with Crippen LogP contribution in [0.4, 0.5) is 0 Å². The van der Waals surface area contributed by atoms with E-state index in [0.717, 1.165) is 23.7 Å². The average Bonchev–Trinajstić information content (AvgIpc) is 2.60. The summed E-state index contributed by atoms with van der Waals surface area (Å²) in [6.07, 6.45) is 0. The van der Waals surface area contributed by atoms with Crippen LogP contribution >= 0.6 is 0 Å². The van der Waals surface area contributed by atoms with Gasteiger partial charge in [0.15, 0.2) is 11.5 Å². The minimum atomic E-state index is -0.227. The topological polar surface area (TPSA) is 55.1 Å². The predicted octanol–water partition coefficient (Wildman–Crippen LogP) is 1.28. The maximum atomic E-state index is 4.44. The summed E-state index contributed by atoms with van der Waals surface area (Å²) in [6, 6.07) is 3.87. The van der Waals surface area contributed by atoms with Gasteiger partial charge >= 0.3 is 0 Å². The fraction of sp³-hybridized carbons (Fsp3) is 0.545. The van der Waals surface area contributed by atoms with Crippen molar-refractivity contribution >= 4 is 5.65 Å². The first-order valence-corrected chi connectivity index (χ1v) is 5.49. The van der Waals surface area contributed by atoms with Gasteiger partial charge in [0, 0.05) is 0 Å². The van der Waals surface area contributed by atoms with E-state index in [-0.39, 0.29) is 5.54 Å². The number of nitrogens with zero attached hydrogens (tertiary/aromatic N) is 4. The summed E-state index contributed by atoms with van der Waals surface area (Å²) in [4.78, 5) is 0. The van der Waals surface area contributed by atoms with Crippen LogP contribution in [-0.2, 0) is 5.54 Å². The molecule has 5 nitrogen and oxygen atoms in total. The molecule has 2 rings (SSSR count). The lowest BCUT2D eigenvalue weighted by Crippen LogP contribution is -2.38. The van der Waals surface area contributed by atoms with Crippen LogP contribution in [0.5, 0.6) is 0 Å². The maximum absolute atomic E-state index is 4.44. The first-order valence-electron chi connectivity index (χ1n) is 5.49. The van der Waals surface area contributed by atoms with Crippen LogP contribution < -0.4 is 5.32 Å². The molecule has 0 atom stereocenters. The van der Waals surface area contributed by atoms with Crippen LogP contribution in [0.15, 0.2) is 12.1 Å². The molecule has 0 amide bonds. The Morgan fingerprint density at radius 3 is 2.75 bits per heavy atom. The molecule has 0 radical (unpaired) electrons. The molecule has 0 aliphatic rings. The van der Waals surface area contributed by atoms with Crippen LogP contribution in [0.25, 0.3) is 5.65 Å². The van der Waals surface area contributed by atoms with Gasteiger partial charge in [-0.05, 0) is 39.4 Å². The Hall–Kier alpha value is -1.49. The smallest absolute Gasteiger partial charge is 0.177 e. The molecule has 86 valence electrons. The number of nitrogens with one attached hydrogen (secondary N) is 1. The van der Waals surface area contributed by atoms with Gasteiger partial charge in [0.05, 0.1) is 11.2 Å². The molecule has 0 saturated carbocycles. The Morgan fingerprint density at radius 2 is 2.06 bits per heavy atom. The molecule has 2 aromatic rings. The van der Waals surface area contributed by atoms with Crippen molar-refractivity contribution in [3.63, 3.8) is 0 Å². The van der Waals surface area contributed by atoms with E-state index >= 15 is 0 Å². The van der Waals surface area contributed by atoms with Gasteiger partial charge in [-0.1, -0.05) is 6.92 Å². The van der Waals surface area contributed by atoms with E-state index in [2.05, 4.69) is 41.4 Å². The number of aryl methyl sites for hydroxylation is 1. The van der Waals surface area contributed by atoms with Gasteiger partial charge in [-0.25, -0.2) is 0 Å². The van der Waals surface area contributed by atoms with Gasteiger partial charge in [-0.3, -0.25) is 0 Å². The van der Waals surface area contributed by atoms with Crippen LogP contribution in [0.1, 0.15) is 32.3 Å².